The third kappa shape index (κ3) is 5.07. The number of anilines is 2. The highest BCUT2D eigenvalue weighted by Gasteiger charge is 2.13. The van der Waals surface area contributed by atoms with Gasteiger partial charge in [-0.3, -0.25) is 9.59 Å². The number of rotatable bonds is 6. The van der Waals surface area contributed by atoms with Crippen molar-refractivity contribution in [3.8, 4) is 0 Å². The standard InChI is InChI=1S/C23H24N4O2/c1-15-12-18(22(28)26-19-7-2-16(13-24)3-8-19)6-11-21(15)23(29)27-20-9-4-17(14-25)5-10-20/h2-12H,13-14,24-25H2,1H3,(H,26,28)(H,27,29). The Morgan fingerprint density at radius 2 is 1.21 bits per heavy atom. The van der Waals surface area contributed by atoms with E-state index in [0.29, 0.717) is 41.2 Å². The van der Waals surface area contributed by atoms with Gasteiger partial charge in [-0.25, -0.2) is 0 Å². The van der Waals surface area contributed by atoms with E-state index in [1.165, 1.54) is 0 Å². The minimum absolute atomic E-state index is 0.229. The van der Waals surface area contributed by atoms with Crippen molar-refractivity contribution in [2.45, 2.75) is 20.0 Å². The first-order chi connectivity index (χ1) is 14.0. The molecule has 3 rings (SSSR count). The zero-order valence-corrected chi connectivity index (χ0v) is 16.2. The molecule has 6 nitrogen and oxygen atoms in total. The first-order valence-corrected chi connectivity index (χ1v) is 9.31. The maximum atomic E-state index is 12.6. The second-order valence-corrected chi connectivity index (χ2v) is 6.74. The molecule has 0 saturated carbocycles. The van der Waals surface area contributed by atoms with Gasteiger partial charge in [0, 0.05) is 35.6 Å². The van der Waals surface area contributed by atoms with Crippen molar-refractivity contribution in [1.29, 1.82) is 0 Å². The van der Waals surface area contributed by atoms with Crippen LogP contribution in [0.25, 0.3) is 0 Å². The van der Waals surface area contributed by atoms with Crippen LogP contribution in [-0.4, -0.2) is 11.8 Å². The highest BCUT2D eigenvalue weighted by Crippen LogP contribution is 2.17. The lowest BCUT2D eigenvalue weighted by Gasteiger charge is -2.11. The first kappa shape index (κ1) is 20.3. The molecule has 0 saturated heterocycles. The molecule has 0 radical (unpaired) electrons. The molecule has 0 spiro atoms. The van der Waals surface area contributed by atoms with Crippen molar-refractivity contribution < 1.29 is 9.59 Å². The van der Waals surface area contributed by atoms with Crippen LogP contribution in [0.1, 0.15) is 37.4 Å². The maximum absolute atomic E-state index is 12.6. The van der Waals surface area contributed by atoms with Gasteiger partial charge in [0.15, 0.2) is 0 Å². The summed E-state index contributed by atoms with van der Waals surface area (Å²) >= 11 is 0. The van der Waals surface area contributed by atoms with Crippen molar-refractivity contribution >= 4 is 23.2 Å². The van der Waals surface area contributed by atoms with Crippen molar-refractivity contribution in [2.75, 3.05) is 10.6 Å². The van der Waals surface area contributed by atoms with E-state index in [0.717, 1.165) is 11.1 Å². The number of nitrogens with one attached hydrogen (secondary N) is 2. The van der Waals surface area contributed by atoms with Gasteiger partial charge in [-0.05, 0) is 66.1 Å². The molecule has 0 aromatic heterocycles. The summed E-state index contributed by atoms with van der Waals surface area (Å²) in [6.07, 6.45) is 0. The molecule has 0 atom stereocenters. The Morgan fingerprint density at radius 3 is 1.66 bits per heavy atom. The Balaban J connectivity index is 1.69. The summed E-state index contributed by atoms with van der Waals surface area (Å²) < 4.78 is 0. The lowest BCUT2D eigenvalue weighted by molar-refractivity contribution is 0.101. The number of carbonyl (C=O) groups excluding carboxylic acids is 2. The summed E-state index contributed by atoms with van der Waals surface area (Å²) in [5, 5.41) is 5.70. The SMILES string of the molecule is Cc1cc(C(=O)Nc2ccc(CN)cc2)ccc1C(=O)Nc1ccc(CN)cc1. The molecule has 0 aliphatic heterocycles. The summed E-state index contributed by atoms with van der Waals surface area (Å²) in [4.78, 5) is 25.1. The predicted molar refractivity (Wildman–Crippen MR) is 116 cm³/mol. The van der Waals surface area contributed by atoms with Crippen LogP contribution in [0.3, 0.4) is 0 Å². The minimum atomic E-state index is -0.238. The zero-order chi connectivity index (χ0) is 20.8. The fraction of sp³-hybridized carbons (Fsp3) is 0.130. The highest BCUT2D eigenvalue weighted by atomic mass is 16.2. The van der Waals surface area contributed by atoms with Gasteiger partial charge in [-0.2, -0.15) is 0 Å². The lowest BCUT2D eigenvalue weighted by atomic mass is 10.0. The third-order valence-corrected chi connectivity index (χ3v) is 4.63. The molecular formula is C23H24N4O2. The van der Waals surface area contributed by atoms with E-state index in [-0.39, 0.29) is 11.8 Å². The molecule has 148 valence electrons. The van der Waals surface area contributed by atoms with E-state index in [1.807, 2.05) is 48.5 Å². The number of hydrogen-bond donors (Lipinski definition) is 4. The fourth-order valence-electron chi connectivity index (χ4n) is 2.91. The van der Waals surface area contributed by atoms with Gasteiger partial charge in [-0.1, -0.05) is 24.3 Å². The molecule has 0 unspecified atom stereocenters. The minimum Gasteiger partial charge on any atom is -0.326 e. The number of aryl methyl sites for hydroxylation is 1. The lowest BCUT2D eigenvalue weighted by Crippen LogP contribution is -2.16. The predicted octanol–water partition coefficient (Wildman–Crippen LogP) is 3.42. The van der Waals surface area contributed by atoms with E-state index in [9.17, 15) is 9.59 Å². The summed E-state index contributed by atoms with van der Waals surface area (Å²) in [6, 6.07) is 19.7. The summed E-state index contributed by atoms with van der Waals surface area (Å²) in [5.41, 5.74) is 16.2. The van der Waals surface area contributed by atoms with E-state index in [1.54, 1.807) is 25.1 Å². The van der Waals surface area contributed by atoms with Crippen molar-refractivity contribution in [2.24, 2.45) is 11.5 Å². The largest absolute Gasteiger partial charge is 0.326 e. The smallest absolute Gasteiger partial charge is 0.255 e. The quantitative estimate of drug-likeness (QED) is 0.518. The molecule has 3 aromatic carbocycles. The van der Waals surface area contributed by atoms with Gasteiger partial charge < -0.3 is 22.1 Å². The Morgan fingerprint density at radius 1 is 0.724 bits per heavy atom. The Kier molecular flexibility index (Phi) is 6.39. The van der Waals surface area contributed by atoms with Gasteiger partial charge in [0.25, 0.3) is 11.8 Å². The Labute approximate surface area is 169 Å². The van der Waals surface area contributed by atoms with Gasteiger partial charge >= 0.3 is 0 Å². The molecule has 0 aliphatic carbocycles. The van der Waals surface area contributed by atoms with Crippen LogP contribution in [0.2, 0.25) is 0 Å². The average Bonchev–Trinajstić information content (AvgIpc) is 2.74. The van der Waals surface area contributed by atoms with Crippen LogP contribution in [0.15, 0.2) is 66.7 Å². The summed E-state index contributed by atoms with van der Waals surface area (Å²) in [6.45, 7) is 2.71. The molecule has 6 N–H and O–H groups in total. The second-order valence-electron chi connectivity index (χ2n) is 6.74. The number of nitrogens with two attached hydrogens (primary N) is 2. The van der Waals surface area contributed by atoms with Crippen LogP contribution in [0.4, 0.5) is 11.4 Å². The summed E-state index contributed by atoms with van der Waals surface area (Å²) in [5.74, 6) is -0.467. The van der Waals surface area contributed by atoms with Crippen LogP contribution < -0.4 is 22.1 Å². The van der Waals surface area contributed by atoms with Crippen molar-refractivity contribution in [1.82, 2.24) is 0 Å². The van der Waals surface area contributed by atoms with E-state index < -0.39 is 0 Å². The molecule has 0 bridgehead atoms. The molecule has 29 heavy (non-hydrogen) atoms. The second kappa shape index (κ2) is 9.14. The summed E-state index contributed by atoms with van der Waals surface area (Å²) in [7, 11) is 0. The first-order valence-electron chi connectivity index (χ1n) is 9.31. The van der Waals surface area contributed by atoms with Gasteiger partial charge in [0.05, 0.1) is 0 Å². The molecule has 0 fully saturated rings. The normalized spacial score (nSPS) is 10.4. The number of amides is 2. The molecule has 6 heteroatoms. The van der Waals surface area contributed by atoms with E-state index in [2.05, 4.69) is 10.6 Å². The fourth-order valence-corrected chi connectivity index (χ4v) is 2.91. The number of benzene rings is 3. The Hall–Kier alpha value is -3.48. The van der Waals surface area contributed by atoms with Crippen LogP contribution in [-0.2, 0) is 13.1 Å². The zero-order valence-electron chi connectivity index (χ0n) is 16.2. The van der Waals surface area contributed by atoms with E-state index >= 15 is 0 Å². The van der Waals surface area contributed by atoms with E-state index in [4.69, 9.17) is 11.5 Å². The van der Waals surface area contributed by atoms with Crippen LogP contribution >= 0.6 is 0 Å². The molecule has 0 heterocycles. The highest BCUT2D eigenvalue weighted by molar-refractivity contribution is 6.08. The number of carbonyl (C=O) groups is 2. The number of hydrogen-bond acceptors (Lipinski definition) is 4. The molecular weight excluding hydrogens is 364 g/mol. The molecule has 0 aliphatic rings. The van der Waals surface area contributed by atoms with Crippen molar-refractivity contribution in [3.63, 3.8) is 0 Å². The molecule has 2 amide bonds. The monoisotopic (exact) mass is 388 g/mol. The Bertz CT molecular complexity index is 1010. The van der Waals surface area contributed by atoms with Gasteiger partial charge in [0.2, 0.25) is 0 Å². The van der Waals surface area contributed by atoms with Gasteiger partial charge in [0.1, 0.15) is 0 Å². The topological polar surface area (TPSA) is 110 Å². The van der Waals surface area contributed by atoms with Gasteiger partial charge in [-0.15, -0.1) is 0 Å². The van der Waals surface area contributed by atoms with Crippen LogP contribution in [0.5, 0.6) is 0 Å². The van der Waals surface area contributed by atoms with Crippen molar-refractivity contribution in [3.05, 3.63) is 94.5 Å². The third-order valence-electron chi connectivity index (χ3n) is 4.63. The van der Waals surface area contributed by atoms with Crippen LogP contribution in [0, 0.1) is 6.92 Å². The maximum Gasteiger partial charge on any atom is 0.255 e. The molecule has 3 aromatic rings. The average molecular weight is 388 g/mol.